The summed E-state index contributed by atoms with van der Waals surface area (Å²) in [5.74, 6) is -1.57. The van der Waals surface area contributed by atoms with Gasteiger partial charge in [-0.3, -0.25) is 19.5 Å². The van der Waals surface area contributed by atoms with E-state index in [1.807, 2.05) is 30.3 Å². The van der Waals surface area contributed by atoms with Gasteiger partial charge < -0.3 is 32.3 Å². The lowest BCUT2D eigenvalue weighted by Crippen LogP contribution is -2.49. The van der Waals surface area contributed by atoms with Crippen LogP contribution in [0, 0.1) is 0 Å². The molecule has 1 heterocycles. The van der Waals surface area contributed by atoms with E-state index in [1.165, 1.54) is 11.8 Å². The summed E-state index contributed by atoms with van der Waals surface area (Å²) in [5.41, 5.74) is 11.6. The Kier molecular flexibility index (Phi) is 16.0. The number of likely N-dealkylation sites (tertiary alicyclic amines) is 1. The van der Waals surface area contributed by atoms with Crippen LogP contribution in [0.25, 0.3) is 0 Å². The van der Waals surface area contributed by atoms with Crippen molar-refractivity contribution in [1.29, 1.82) is 0 Å². The van der Waals surface area contributed by atoms with Crippen LogP contribution < -0.4 is 22.1 Å². The molecule has 2 rings (SSSR count). The zero-order valence-corrected chi connectivity index (χ0v) is 23.6. The minimum absolute atomic E-state index is 0.0507. The fourth-order valence-corrected chi connectivity index (χ4v) is 4.83. The van der Waals surface area contributed by atoms with Gasteiger partial charge in [-0.05, 0) is 57.7 Å². The number of hydrogen-bond acceptors (Lipinski definition) is 7. The third kappa shape index (κ3) is 13.6. The molecule has 1 aromatic carbocycles. The number of aliphatic carboxylic acids is 2. The molecule has 0 unspecified atom stereocenters. The maximum Gasteiger partial charge on any atom is 0.326 e. The van der Waals surface area contributed by atoms with Crippen molar-refractivity contribution in [2.24, 2.45) is 16.5 Å². The predicted octanol–water partition coefficient (Wildman–Crippen LogP) is 1.75. The third-order valence-corrected chi connectivity index (χ3v) is 6.99. The molecule has 0 radical (unpaired) electrons. The number of thiocarbonyl (C=S) groups is 1. The molecule has 0 spiro atoms. The molecule has 1 fully saturated rings. The van der Waals surface area contributed by atoms with Gasteiger partial charge in [0.1, 0.15) is 22.4 Å². The lowest BCUT2D eigenvalue weighted by Gasteiger charge is -2.19. The zero-order valence-electron chi connectivity index (χ0n) is 22.0. The third-order valence-electron chi connectivity index (χ3n) is 5.66. The normalized spacial score (nSPS) is 16.3. The topological polar surface area (TPSA) is 183 Å². The molecule has 0 bridgehead atoms. The van der Waals surface area contributed by atoms with Crippen LogP contribution in [-0.4, -0.2) is 81.0 Å². The number of guanidine groups is 1. The van der Waals surface area contributed by atoms with Crippen LogP contribution in [0.15, 0.2) is 35.3 Å². The van der Waals surface area contributed by atoms with Crippen molar-refractivity contribution in [3.63, 3.8) is 0 Å². The number of carboxylic acids is 2. The molecule has 8 N–H and O–H groups in total. The van der Waals surface area contributed by atoms with Crippen molar-refractivity contribution >= 4 is 52.1 Å². The number of amides is 1. The first-order valence-corrected chi connectivity index (χ1v) is 14.0. The minimum atomic E-state index is -1.11. The number of hydrogen-bond donors (Lipinski definition) is 6. The van der Waals surface area contributed by atoms with Gasteiger partial charge in [0, 0.05) is 12.3 Å². The largest absolute Gasteiger partial charge is 0.480 e. The van der Waals surface area contributed by atoms with Gasteiger partial charge in [0.2, 0.25) is 5.91 Å². The van der Waals surface area contributed by atoms with Gasteiger partial charge in [0.15, 0.2) is 5.96 Å². The summed E-state index contributed by atoms with van der Waals surface area (Å²) in [4.78, 5) is 40.0. The molecule has 0 aromatic heterocycles. The van der Waals surface area contributed by atoms with E-state index in [2.05, 4.69) is 27.4 Å². The highest BCUT2D eigenvalue weighted by atomic mass is 32.2. The molecule has 1 aliphatic rings. The smallest absolute Gasteiger partial charge is 0.326 e. The number of thioether (sulfide) groups is 1. The highest BCUT2D eigenvalue weighted by Crippen LogP contribution is 2.17. The monoisotopic (exact) mass is 568 g/mol. The molecule has 1 aromatic rings. The van der Waals surface area contributed by atoms with E-state index in [-0.39, 0.29) is 18.4 Å². The molecule has 1 aliphatic heterocycles. The van der Waals surface area contributed by atoms with Crippen molar-refractivity contribution in [2.75, 3.05) is 19.6 Å². The number of nitrogens with zero attached hydrogens (tertiary/aromatic N) is 2. The second kappa shape index (κ2) is 18.4. The quantitative estimate of drug-likeness (QED) is 0.0882. The van der Waals surface area contributed by atoms with Crippen molar-refractivity contribution in [3.05, 3.63) is 35.9 Å². The number of nitrogens with two attached hydrogens (primary N) is 2. The molecular weight excluding hydrogens is 528 g/mol. The second-order valence-electron chi connectivity index (χ2n) is 8.81. The van der Waals surface area contributed by atoms with Gasteiger partial charge in [-0.25, -0.2) is 4.79 Å². The maximum absolute atomic E-state index is 12.2. The van der Waals surface area contributed by atoms with E-state index in [4.69, 9.17) is 28.8 Å². The Labute approximate surface area is 233 Å². The van der Waals surface area contributed by atoms with E-state index in [1.54, 1.807) is 6.92 Å². The SMILES string of the molecule is CCCN1CCC[C@H]1C(=O)O.C[C@H](NC(=S)SCc1ccccc1)C(=O)N[C@@H](CCCN=C(N)N)C(=O)O. The molecule has 0 saturated carbocycles. The summed E-state index contributed by atoms with van der Waals surface area (Å²) in [6.45, 7) is 5.90. The Hall–Kier alpha value is -2.90. The number of carbonyl (C=O) groups is 3. The van der Waals surface area contributed by atoms with Gasteiger partial charge in [-0.15, -0.1) is 0 Å². The number of carboxylic acid groups (broad SMARTS) is 2. The first-order chi connectivity index (χ1) is 18.0. The average molecular weight is 569 g/mol. The van der Waals surface area contributed by atoms with E-state index < -0.39 is 29.9 Å². The highest BCUT2D eigenvalue weighted by molar-refractivity contribution is 8.22. The van der Waals surface area contributed by atoms with E-state index in [0.29, 0.717) is 23.0 Å². The predicted molar refractivity (Wildman–Crippen MR) is 155 cm³/mol. The van der Waals surface area contributed by atoms with Crippen molar-refractivity contribution in [2.45, 2.75) is 69.8 Å². The molecule has 38 heavy (non-hydrogen) atoms. The molecule has 3 atom stereocenters. The highest BCUT2D eigenvalue weighted by Gasteiger charge is 2.29. The van der Waals surface area contributed by atoms with Crippen molar-refractivity contribution in [3.8, 4) is 0 Å². The Morgan fingerprint density at radius 2 is 1.89 bits per heavy atom. The van der Waals surface area contributed by atoms with Gasteiger partial charge in [-0.1, -0.05) is 61.2 Å². The van der Waals surface area contributed by atoms with Gasteiger partial charge in [-0.2, -0.15) is 0 Å². The van der Waals surface area contributed by atoms with E-state index in [9.17, 15) is 19.5 Å². The van der Waals surface area contributed by atoms with Gasteiger partial charge in [0.05, 0.1) is 0 Å². The van der Waals surface area contributed by atoms with Crippen LogP contribution in [0.3, 0.4) is 0 Å². The fourth-order valence-electron chi connectivity index (χ4n) is 3.73. The Bertz CT molecular complexity index is 930. The summed E-state index contributed by atoms with van der Waals surface area (Å²) in [6, 6.07) is 7.95. The molecule has 0 aliphatic carbocycles. The number of nitrogens with one attached hydrogen (secondary N) is 2. The standard InChI is InChI=1S/C17H25N5O3S2.C8H15NO2/c1-11(21-17(26)27-10-12-6-3-2-4-7-12)14(23)22-13(15(24)25)8-5-9-20-16(18)19;1-2-5-9-6-3-4-7(9)8(10)11/h2-4,6-7,11,13H,5,8-10H2,1H3,(H,21,26)(H,22,23)(H,24,25)(H4,18,19,20);7H,2-6H2,1H3,(H,10,11)/t11-,13-;7-/m00/s1. The first-order valence-electron chi connectivity index (χ1n) is 12.6. The zero-order chi connectivity index (χ0) is 28.5. The van der Waals surface area contributed by atoms with Gasteiger partial charge in [0.25, 0.3) is 0 Å². The van der Waals surface area contributed by atoms with Crippen LogP contribution in [0.5, 0.6) is 0 Å². The first kappa shape index (κ1) is 33.1. The summed E-state index contributed by atoms with van der Waals surface area (Å²) in [7, 11) is 0. The lowest BCUT2D eigenvalue weighted by atomic mass is 10.1. The summed E-state index contributed by atoms with van der Waals surface area (Å²) >= 11 is 6.65. The number of carbonyl (C=O) groups excluding carboxylic acids is 1. The van der Waals surface area contributed by atoms with Crippen LogP contribution in [0.4, 0.5) is 0 Å². The molecular formula is C25H40N6O5S2. The van der Waals surface area contributed by atoms with E-state index in [0.717, 1.165) is 37.9 Å². The van der Waals surface area contributed by atoms with Crippen LogP contribution in [0.2, 0.25) is 0 Å². The van der Waals surface area contributed by atoms with E-state index >= 15 is 0 Å². The second-order valence-corrected chi connectivity index (χ2v) is 10.5. The number of rotatable bonds is 13. The lowest BCUT2D eigenvalue weighted by molar-refractivity contribution is -0.142. The molecule has 13 heteroatoms. The van der Waals surface area contributed by atoms with Crippen molar-refractivity contribution < 1.29 is 24.6 Å². The van der Waals surface area contributed by atoms with Crippen LogP contribution in [-0.2, 0) is 20.1 Å². The number of benzene rings is 1. The number of aliphatic imine (C=N–C) groups is 1. The Balaban J connectivity index is 0.000000544. The molecule has 1 amide bonds. The summed E-state index contributed by atoms with van der Waals surface area (Å²) < 4.78 is 0.473. The molecule has 212 valence electrons. The van der Waals surface area contributed by atoms with Gasteiger partial charge >= 0.3 is 11.9 Å². The molecule has 11 nitrogen and oxygen atoms in total. The van der Waals surface area contributed by atoms with Crippen LogP contribution >= 0.6 is 24.0 Å². The summed E-state index contributed by atoms with van der Waals surface area (Å²) in [5, 5.41) is 23.4. The molecule has 1 saturated heterocycles. The van der Waals surface area contributed by atoms with Crippen molar-refractivity contribution in [1.82, 2.24) is 15.5 Å². The fraction of sp³-hybridized carbons (Fsp3) is 0.560. The summed E-state index contributed by atoms with van der Waals surface area (Å²) in [6.07, 6.45) is 3.57. The maximum atomic E-state index is 12.2. The Morgan fingerprint density at radius 1 is 1.21 bits per heavy atom. The Morgan fingerprint density at radius 3 is 2.47 bits per heavy atom. The average Bonchev–Trinajstić information content (AvgIpc) is 3.34. The minimum Gasteiger partial charge on any atom is -0.480 e. The van der Waals surface area contributed by atoms with Crippen LogP contribution in [0.1, 0.15) is 51.5 Å².